The van der Waals surface area contributed by atoms with Crippen LogP contribution in [-0.2, 0) is 13.1 Å². The average Bonchev–Trinajstić information content (AvgIpc) is 3.21. The quantitative estimate of drug-likeness (QED) is 0.633. The zero-order valence-electron chi connectivity index (χ0n) is 16.9. The van der Waals surface area contributed by atoms with Gasteiger partial charge in [-0.2, -0.15) is 0 Å². The van der Waals surface area contributed by atoms with Gasteiger partial charge in [-0.05, 0) is 52.4 Å². The molecule has 8 heteroatoms. The van der Waals surface area contributed by atoms with Crippen LogP contribution in [-0.4, -0.2) is 60.6 Å². The molecule has 0 aliphatic carbocycles. The Kier molecular flexibility index (Phi) is 5.90. The molecule has 8 nitrogen and oxygen atoms in total. The number of methoxy groups -OCH3 is 2. The number of anilines is 1. The number of benzene rings is 2. The van der Waals surface area contributed by atoms with E-state index in [1.54, 1.807) is 14.2 Å². The van der Waals surface area contributed by atoms with Crippen LogP contribution in [0.3, 0.4) is 0 Å². The third-order valence-electron chi connectivity index (χ3n) is 5.41. The summed E-state index contributed by atoms with van der Waals surface area (Å²) in [5, 5.41) is 12.4. The van der Waals surface area contributed by atoms with Crippen molar-refractivity contribution in [3.8, 4) is 11.5 Å². The van der Waals surface area contributed by atoms with Gasteiger partial charge in [-0.25, -0.2) is 4.68 Å². The van der Waals surface area contributed by atoms with Crippen LogP contribution in [0.25, 0.3) is 0 Å². The first kappa shape index (κ1) is 19.2. The van der Waals surface area contributed by atoms with Gasteiger partial charge in [0.2, 0.25) is 5.82 Å². The van der Waals surface area contributed by atoms with Gasteiger partial charge in [-0.3, -0.25) is 0 Å². The topological polar surface area (TPSA) is 69.7 Å². The summed E-state index contributed by atoms with van der Waals surface area (Å²) in [4.78, 5) is 3.92. The summed E-state index contributed by atoms with van der Waals surface area (Å²) in [6, 6.07) is 16.3. The van der Waals surface area contributed by atoms with Gasteiger partial charge in [0.1, 0.15) is 18.0 Å². The van der Waals surface area contributed by atoms with Crippen molar-refractivity contribution >= 4 is 5.69 Å². The number of quaternary nitrogens is 1. The van der Waals surface area contributed by atoms with Gasteiger partial charge >= 0.3 is 0 Å². The number of nitrogens with one attached hydrogen (secondary N) is 1. The molecule has 1 aromatic heterocycles. The molecule has 0 saturated carbocycles. The van der Waals surface area contributed by atoms with Crippen molar-refractivity contribution in [2.24, 2.45) is 0 Å². The summed E-state index contributed by atoms with van der Waals surface area (Å²) in [5.74, 6) is 2.67. The second-order valence-corrected chi connectivity index (χ2v) is 7.21. The van der Waals surface area contributed by atoms with Crippen molar-refractivity contribution in [1.82, 2.24) is 20.2 Å². The van der Waals surface area contributed by atoms with Crippen LogP contribution >= 0.6 is 0 Å². The highest BCUT2D eigenvalue weighted by molar-refractivity contribution is 5.49. The molecule has 1 N–H and O–H groups in total. The summed E-state index contributed by atoms with van der Waals surface area (Å²) in [6.45, 7) is 5.64. The molecule has 1 fully saturated rings. The lowest BCUT2D eigenvalue weighted by atomic mass is 10.2. The van der Waals surface area contributed by atoms with Gasteiger partial charge < -0.3 is 19.3 Å². The van der Waals surface area contributed by atoms with Gasteiger partial charge in [-0.1, -0.05) is 12.1 Å². The molecule has 0 radical (unpaired) electrons. The lowest BCUT2D eigenvalue weighted by Crippen LogP contribution is -3.13. The van der Waals surface area contributed by atoms with Crippen molar-refractivity contribution < 1.29 is 14.4 Å². The maximum absolute atomic E-state index is 5.25. The Labute approximate surface area is 170 Å². The average molecular weight is 395 g/mol. The first-order valence-corrected chi connectivity index (χ1v) is 9.85. The standard InChI is InChI=1S/C21H26N6O2/c1-28-19-7-3-17(4-8-19)15-27-21(22-23-24-27)16-25-11-13-26(14-12-25)18-5-9-20(29-2)10-6-18/h3-10H,11-16H2,1-2H3/p+1. The Bertz CT molecular complexity index is 902. The lowest BCUT2D eigenvalue weighted by Gasteiger charge is -2.33. The number of tetrazole rings is 1. The molecule has 0 atom stereocenters. The molecular formula is C21H27N6O2+. The highest BCUT2D eigenvalue weighted by Crippen LogP contribution is 2.19. The number of hydrogen-bond acceptors (Lipinski definition) is 6. The van der Waals surface area contributed by atoms with Gasteiger partial charge in [0, 0.05) is 5.69 Å². The van der Waals surface area contributed by atoms with E-state index in [0.29, 0.717) is 6.54 Å². The molecule has 29 heavy (non-hydrogen) atoms. The summed E-state index contributed by atoms with van der Waals surface area (Å²) in [5.41, 5.74) is 2.40. The Morgan fingerprint density at radius 1 is 0.897 bits per heavy atom. The molecule has 0 bridgehead atoms. The van der Waals surface area contributed by atoms with Crippen LogP contribution in [0.5, 0.6) is 11.5 Å². The van der Waals surface area contributed by atoms with Crippen molar-refractivity contribution in [3.05, 3.63) is 59.9 Å². The van der Waals surface area contributed by atoms with E-state index in [4.69, 9.17) is 9.47 Å². The predicted molar refractivity (Wildman–Crippen MR) is 110 cm³/mol. The zero-order valence-corrected chi connectivity index (χ0v) is 16.9. The minimum atomic E-state index is 0.664. The third-order valence-corrected chi connectivity index (χ3v) is 5.41. The van der Waals surface area contributed by atoms with Crippen LogP contribution in [0, 0.1) is 0 Å². The molecule has 1 aliphatic rings. The molecule has 2 aromatic carbocycles. The van der Waals surface area contributed by atoms with Crippen LogP contribution < -0.4 is 19.3 Å². The molecule has 4 rings (SSSR count). The van der Waals surface area contributed by atoms with E-state index in [0.717, 1.165) is 55.6 Å². The highest BCUT2D eigenvalue weighted by atomic mass is 16.5. The van der Waals surface area contributed by atoms with Crippen molar-refractivity contribution in [2.45, 2.75) is 13.1 Å². The van der Waals surface area contributed by atoms with Crippen molar-refractivity contribution in [2.75, 3.05) is 45.3 Å². The number of ether oxygens (including phenoxy) is 2. The smallest absolute Gasteiger partial charge is 0.206 e. The molecule has 0 unspecified atom stereocenters. The van der Waals surface area contributed by atoms with Gasteiger partial charge in [0.25, 0.3) is 0 Å². The zero-order chi connectivity index (χ0) is 20.1. The van der Waals surface area contributed by atoms with E-state index in [9.17, 15) is 0 Å². The van der Waals surface area contributed by atoms with E-state index in [-0.39, 0.29) is 0 Å². The fourth-order valence-corrected chi connectivity index (χ4v) is 3.65. The lowest BCUT2D eigenvalue weighted by molar-refractivity contribution is -0.915. The Hall–Kier alpha value is -3.13. The van der Waals surface area contributed by atoms with Crippen LogP contribution in [0.2, 0.25) is 0 Å². The maximum atomic E-state index is 5.25. The molecule has 1 saturated heterocycles. The number of nitrogens with zero attached hydrogens (tertiary/aromatic N) is 5. The number of rotatable bonds is 7. The summed E-state index contributed by atoms with van der Waals surface area (Å²) >= 11 is 0. The third kappa shape index (κ3) is 4.65. The Balaban J connectivity index is 1.33. The minimum Gasteiger partial charge on any atom is -0.497 e. The summed E-state index contributed by atoms with van der Waals surface area (Å²) in [7, 11) is 3.37. The number of piperazine rings is 1. The van der Waals surface area contributed by atoms with Gasteiger partial charge in [0.15, 0.2) is 0 Å². The molecule has 0 spiro atoms. The SMILES string of the molecule is COc1ccc(Cn2nnnc2C[NH+]2CCN(c3ccc(OC)cc3)CC2)cc1. The van der Waals surface area contributed by atoms with E-state index in [2.05, 4.69) is 32.6 Å². The molecule has 152 valence electrons. The van der Waals surface area contributed by atoms with E-state index in [1.807, 2.05) is 41.1 Å². The monoisotopic (exact) mass is 395 g/mol. The van der Waals surface area contributed by atoms with E-state index < -0.39 is 0 Å². The van der Waals surface area contributed by atoms with Gasteiger partial charge in [-0.15, -0.1) is 5.10 Å². The highest BCUT2D eigenvalue weighted by Gasteiger charge is 2.22. The predicted octanol–water partition coefficient (Wildman–Crippen LogP) is 0.644. The van der Waals surface area contributed by atoms with E-state index in [1.165, 1.54) is 10.6 Å². The van der Waals surface area contributed by atoms with Crippen molar-refractivity contribution in [1.29, 1.82) is 0 Å². The Morgan fingerprint density at radius 2 is 1.52 bits per heavy atom. The Morgan fingerprint density at radius 3 is 2.14 bits per heavy atom. The molecular weight excluding hydrogens is 368 g/mol. The van der Waals surface area contributed by atoms with Crippen LogP contribution in [0.15, 0.2) is 48.5 Å². The first-order chi connectivity index (χ1) is 14.2. The number of aromatic nitrogens is 4. The largest absolute Gasteiger partial charge is 0.497 e. The van der Waals surface area contributed by atoms with E-state index >= 15 is 0 Å². The normalized spacial score (nSPS) is 14.8. The summed E-state index contributed by atoms with van der Waals surface area (Å²) in [6.07, 6.45) is 0. The maximum Gasteiger partial charge on any atom is 0.206 e. The second-order valence-electron chi connectivity index (χ2n) is 7.21. The second kappa shape index (κ2) is 8.91. The van der Waals surface area contributed by atoms with Crippen molar-refractivity contribution in [3.63, 3.8) is 0 Å². The summed E-state index contributed by atoms with van der Waals surface area (Å²) < 4.78 is 12.4. The fourth-order valence-electron chi connectivity index (χ4n) is 3.65. The fraction of sp³-hybridized carbons (Fsp3) is 0.381. The molecule has 0 amide bonds. The first-order valence-electron chi connectivity index (χ1n) is 9.85. The van der Waals surface area contributed by atoms with Gasteiger partial charge in [0.05, 0.1) is 46.9 Å². The van der Waals surface area contributed by atoms with Crippen LogP contribution in [0.1, 0.15) is 11.4 Å². The number of hydrogen-bond donors (Lipinski definition) is 1. The minimum absolute atomic E-state index is 0.664. The molecule has 1 aliphatic heterocycles. The molecule has 2 heterocycles. The van der Waals surface area contributed by atoms with Crippen LogP contribution in [0.4, 0.5) is 5.69 Å². The molecule has 3 aromatic rings.